The quantitative estimate of drug-likeness (QED) is 0.359. The monoisotopic (exact) mass is 394 g/mol. The first kappa shape index (κ1) is 17.9. The van der Waals surface area contributed by atoms with Gasteiger partial charge in [-0.05, 0) is 41.8 Å². The third-order valence-electron chi connectivity index (χ3n) is 4.38. The molecule has 4 rings (SSSR count). The van der Waals surface area contributed by atoms with Gasteiger partial charge in [0.2, 0.25) is 5.71 Å². The molecular formula is C21H17FN3O2S+. The first-order valence-corrected chi connectivity index (χ1v) is 9.36. The van der Waals surface area contributed by atoms with Crippen molar-refractivity contribution in [3.63, 3.8) is 0 Å². The van der Waals surface area contributed by atoms with Crippen molar-refractivity contribution in [2.75, 3.05) is 5.73 Å². The first-order chi connectivity index (χ1) is 13.5. The number of anilines is 1. The van der Waals surface area contributed by atoms with E-state index in [2.05, 4.69) is 5.32 Å². The maximum Gasteiger partial charge on any atom is 0.254 e. The van der Waals surface area contributed by atoms with Crippen molar-refractivity contribution in [2.24, 2.45) is 0 Å². The number of hydrogen-bond acceptors (Lipinski definition) is 4. The number of rotatable bonds is 5. The van der Waals surface area contributed by atoms with Crippen LogP contribution in [0.25, 0.3) is 10.1 Å². The number of halogens is 1. The molecule has 2 heterocycles. The molecule has 0 aliphatic heterocycles. The van der Waals surface area contributed by atoms with Gasteiger partial charge in [-0.3, -0.25) is 10.2 Å². The van der Waals surface area contributed by atoms with Crippen LogP contribution in [0, 0.1) is 5.82 Å². The molecule has 0 atom stereocenters. The van der Waals surface area contributed by atoms with Crippen molar-refractivity contribution in [3.05, 3.63) is 88.4 Å². The van der Waals surface area contributed by atoms with Crippen molar-refractivity contribution < 1.29 is 19.0 Å². The number of benzene rings is 2. The van der Waals surface area contributed by atoms with Crippen LogP contribution in [0.3, 0.4) is 0 Å². The van der Waals surface area contributed by atoms with Gasteiger partial charge in [0.25, 0.3) is 5.91 Å². The molecule has 0 saturated carbocycles. The summed E-state index contributed by atoms with van der Waals surface area (Å²) in [7, 11) is 0. The van der Waals surface area contributed by atoms with Crippen LogP contribution in [0.4, 0.5) is 10.1 Å². The third-order valence-corrected chi connectivity index (χ3v) is 5.53. The van der Waals surface area contributed by atoms with Crippen molar-refractivity contribution in [1.29, 1.82) is 0 Å². The summed E-state index contributed by atoms with van der Waals surface area (Å²) in [6.45, 7) is 0.153. The molecule has 2 aromatic carbocycles. The smallest absolute Gasteiger partial charge is 0.254 e. The number of fused-ring (bicyclic) bond motifs is 1. The van der Waals surface area contributed by atoms with Crippen molar-refractivity contribution in [1.82, 2.24) is 5.32 Å². The van der Waals surface area contributed by atoms with E-state index < -0.39 is 11.7 Å². The van der Waals surface area contributed by atoms with Gasteiger partial charge in [0.1, 0.15) is 16.2 Å². The Morgan fingerprint density at radius 2 is 2.00 bits per heavy atom. The number of amides is 1. The van der Waals surface area contributed by atoms with Crippen LogP contribution in [0.15, 0.2) is 65.3 Å². The lowest BCUT2D eigenvalue weighted by atomic mass is 10.0. The summed E-state index contributed by atoms with van der Waals surface area (Å²) in [6.07, 6.45) is 1.50. The van der Waals surface area contributed by atoms with Crippen molar-refractivity contribution >= 4 is 38.7 Å². The number of hydrogen-bond donors (Lipinski definition) is 3. The highest BCUT2D eigenvalue weighted by Crippen LogP contribution is 2.29. The molecule has 1 amide bonds. The fourth-order valence-electron chi connectivity index (χ4n) is 2.95. The van der Waals surface area contributed by atoms with Crippen molar-refractivity contribution in [3.8, 4) is 0 Å². The van der Waals surface area contributed by atoms with Crippen LogP contribution < -0.4 is 16.5 Å². The van der Waals surface area contributed by atoms with Crippen LogP contribution in [-0.4, -0.2) is 11.6 Å². The lowest BCUT2D eigenvalue weighted by Crippen LogP contribution is -2.42. The summed E-state index contributed by atoms with van der Waals surface area (Å²) in [5.41, 5.74) is 6.29. The number of nitrogen functional groups attached to an aromatic ring is 1. The Balaban J connectivity index is 1.66. The van der Waals surface area contributed by atoms with Gasteiger partial charge in [0.05, 0.1) is 18.4 Å². The maximum absolute atomic E-state index is 15.2. The third kappa shape index (κ3) is 3.27. The zero-order chi connectivity index (χ0) is 19.7. The summed E-state index contributed by atoms with van der Waals surface area (Å²) >= 11 is 1.44. The SMILES string of the molecule is Nc1ccc(C(=O)NCc2ccco2)c(F)c1C(=[NH2+])c1cc2ccccc2s1. The second kappa shape index (κ2) is 7.28. The van der Waals surface area contributed by atoms with Crippen LogP contribution in [0.2, 0.25) is 0 Å². The molecule has 4 aromatic rings. The van der Waals surface area contributed by atoms with Gasteiger partial charge in [-0.25, -0.2) is 4.39 Å². The van der Waals surface area contributed by atoms with E-state index in [1.807, 2.05) is 30.3 Å². The van der Waals surface area contributed by atoms with Gasteiger partial charge in [-0.2, -0.15) is 0 Å². The van der Waals surface area contributed by atoms with Gasteiger partial charge in [-0.1, -0.05) is 18.2 Å². The van der Waals surface area contributed by atoms with Gasteiger partial charge >= 0.3 is 0 Å². The molecule has 0 radical (unpaired) electrons. The number of thiophene rings is 1. The topological polar surface area (TPSA) is 93.9 Å². The first-order valence-electron chi connectivity index (χ1n) is 8.55. The van der Waals surface area contributed by atoms with E-state index in [-0.39, 0.29) is 29.1 Å². The Kier molecular flexibility index (Phi) is 4.67. The molecule has 0 saturated heterocycles. The molecule has 0 bridgehead atoms. The van der Waals surface area contributed by atoms with Gasteiger partial charge in [0, 0.05) is 10.4 Å². The second-order valence-corrected chi connectivity index (χ2v) is 7.30. The predicted molar refractivity (Wildman–Crippen MR) is 108 cm³/mol. The predicted octanol–water partition coefficient (Wildman–Crippen LogP) is 2.74. The molecule has 0 fully saturated rings. The lowest BCUT2D eigenvalue weighted by Gasteiger charge is -2.09. The standard InChI is InChI=1S/C21H16FN3O2S/c22-19-14(21(26)25-11-13-5-3-9-27-13)7-8-15(23)18(19)20(24)17-10-12-4-1-2-6-16(12)28-17/h1-10,24H,11,23H2,(H,25,26)/p+1. The summed E-state index contributed by atoms with van der Waals surface area (Å²) in [6, 6.07) is 15.9. The number of nitrogens with two attached hydrogens (primary N) is 2. The highest BCUT2D eigenvalue weighted by molar-refractivity contribution is 7.21. The van der Waals surface area contributed by atoms with Crippen LogP contribution >= 0.6 is 11.3 Å². The largest absolute Gasteiger partial charge is 0.467 e. The number of nitrogens with one attached hydrogen (secondary N) is 1. The highest BCUT2D eigenvalue weighted by Gasteiger charge is 2.25. The molecule has 0 unspecified atom stereocenters. The minimum absolute atomic E-state index is 0.0391. The molecule has 0 spiro atoms. The Morgan fingerprint density at radius 3 is 2.75 bits per heavy atom. The minimum atomic E-state index is -0.744. The summed E-state index contributed by atoms with van der Waals surface area (Å²) < 4.78 is 21.4. The summed E-state index contributed by atoms with van der Waals surface area (Å²) in [5, 5.41) is 9.90. The zero-order valence-electron chi connectivity index (χ0n) is 14.7. The lowest BCUT2D eigenvalue weighted by molar-refractivity contribution is -0.111. The molecule has 0 aliphatic carbocycles. The number of furan rings is 1. The Hall–Kier alpha value is -3.45. The minimum Gasteiger partial charge on any atom is -0.467 e. The van der Waals surface area contributed by atoms with E-state index in [9.17, 15) is 4.79 Å². The summed E-state index contributed by atoms with van der Waals surface area (Å²) in [4.78, 5) is 13.1. The van der Waals surface area contributed by atoms with Gasteiger partial charge in [-0.15, -0.1) is 11.3 Å². The Bertz CT molecular complexity index is 1150. The van der Waals surface area contributed by atoms with E-state index in [0.717, 1.165) is 10.1 Å². The Morgan fingerprint density at radius 1 is 1.18 bits per heavy atom. The molecule has 28 heavy (non-hydrogen) atoms. The maximum atomic E-state index is 15.2. The zero-order valence-corrected chi connectivity index (χ0v) is 15.6. The molecule has 5 nitrogen and oxygen atoms in total. The number of carbonyl (C=O) groups excluding carboxylic acids is 1. The van der Waals surface area contributed by atoms with E-state index >= 15 is 4.39 Å². The van der Waals surface area contributed by atoms with Crippen LogP contribution in [-0.2, 0) is 6.54 Å². The van der Waals surface area contributed by atoms with E-state index in [4.69, 9.17) is 15.6 Å². The molecule has 140 valence electrons. The van der Waals surface area contributed by atoms with Gasteiger partial charge in [0.15, 0.2) is 5.82 Å². The molecular weight excluding hydrogens is 377 g/mol. The Labute approximate surface area is 164 Å². The highest BCUT2D eigenvalue weighted by atomic mass is 32.1. The fourth-order valence-corrected chi connectivity index (χ4v) is 3.98. The van der Waals surface area contributed by atoms with Gasteiger partial charge < -0.3 is 15.5 Å². The summed E-state index contributed by atoms with van der Waals surface area (Å²) in [5.74, 6) is -0.744. The van der Waals surface area contributed by atoms with E-state index in [0.29, 0.717) is 10.6 Å². The number of carbonyl (C=O) groups is 1. The van der Waals surface area contributed by atoms with Crippen LogP contribution in [0.5, 0.6) is 0 Å². The van der Waals surface area contributed by atoms with E-state index in [1.165, 1.54) is 29.7 Å². The molecule has 0 aliphatic rings. The average molecular weight is 394 g/mol. The molecule has 2 aromatic heterocycles. The normalized spacial score (nSPS) is 10.9. The van der Waals surface area contributed by atoms with Crippen LogP contribution in [0.1, 0.15) is 26.6 Å². The fraction of sp³-hybridized carbons (Fsp3) is 0.0476. The van der Waals surface area contributed by atoms with Crippen molar-refractivity contribution in [2.45, 2.75) is 6.54 Å². The average Bonchev–Trinajstić information content (AvgIpc) is 3.35. The molecule has 7 heteroatoms. The van der Waals surface area contributed by atoms with E-state index in [1.54, 1.807) is 12.1 Å². The second-order valence-electron chi connectivity index (χ2n) is 6.22. The molecule has 5 N–H and O–H groups in total.